The minimum atomic E-state index is 0.925. The van der Waals surface area contributed by atoms with Crippen molar-refractivity contribution in [1.29, 1.82) is 0 Å². The van der Waals surface area contributed by atoms with Gasteiger partial charge in [0.25, 0.3) is 0 Å². The van der Waals surface area contributed by atoms with E-state index in [-0.39, 0.29) is 0 Å². The van der Waals surface area contributed by atoms with Gasteiger partial charge in [0.1, 0.15) is 12.1 Å². The SMILES string of the molecule is Ic1cncnc1NCCN1CC=CC1. The van der Waals surface area contributed by atoms with Gasteiger partial charge in [-0.3, -0.25) is 4.90 Å². The average molecular weight is 316 g/mol. The van der Waals surface area contributed by atoms with Gasteiger partial charge < -0.3 is 5.32 Å². The van der Waals surface area contributed by atoms with Gasteiger partial charge in [0, 0.05) is 32.4 Å². The molecule has 0 fully saturated rings. The lowest BCUT2D eigenvalue weighted by Crippen LogP contribution is -2.26. The van der Waals surface area contributed by atoms with Gasteiger partial charge in [0.15, 0.2) is 0 Å². The zero-order chi connectivity index (χ0) is 10.5. The second-order valence-electron chi connectivity index (χ2n) is 3.38. The topological polar surface area (TPSA) is 41.1 Å². The van der Waals surface area contributed by atoms with Gasteiger partial charge in [-0.2, -0.15) is 0 Å². The van der Waals surface area contributed by atoms with Gasteiger partial charge in [0.05, 0.1) is 3.57 Å². The van der Waals surface area contributed by atoms with Crippen LogP contribution in [0.25, 0.3) is 0 Å². The van der Waals surface area contributed by atoms with Crippen LogP contribution in [-0.2, 0) is 0 Å². The second kappa shape index (κ2) is 5.41. The maximum atomic E-state index is 4.18. The first kappa shape index (κ1) is 10.8. The van der Waals surface area contributed by atoms with Gasteiger partial charge in [-0.1, -0.05) is 12.2 Å². The van der Waals surface area contributed by atoms with Crippen LogP contribution in [0.2, 0.25) is 0 Å². The lowest BCUT2D eigenvalue weighted by atomic mass is 10.5. The maximum absolute atomic E-state index is 4.18. The van der Waals surface area contributed by atoms with Crippen molar-refractivity contribution in [3.8, 4) is 0 Å². The van der Waals surface area contributed by atoms with Gasteiger partial charge in [-0.05, 0) is 22.6 Å². The molecule has 0 saturated heterocycles. The van der Waals surface area contributed by atoms with Crippen LogP contribution < -0.4 is 5.32 Å². The molecular weight excluding hydrogens is 303 g/mol. The van der Waals surface area contributed by atoms with Crippen molar-refractivity contribution in [2.75, 3.05) is 31.5 Å². The molecule has 0 radical (unpaired) electrons. The fourth-order valence-corrected chi connectivity index (χ4v) is 1.97. The summed E-state index contributed by atoms with van der Waals surface area (Å²) in [7, 11) is 0. The highest BCUT2D eigenvalue weighted by Crippen LogP contribution is 2.11. The van der Waals surface area contributed by atoms with Crippen molar-refractivity contribution >= 4 is 28.4 Å². The standard InChI is InChI=1S/C10H13IN4/c11-9-7-12-8-14-10(9)13-3-6-15-4-1-2-5-15/h1-2,7-8H,3-6H2,(H,12,13,14). The minimum Gasteiger partial charge on any atom is -0.368 e. The molecule has 15 heavy (non-hydrogen) atoms. The van der Waals surface area contributed by atoms with Crippen molar-refractivity contribution in [2.45, 2.75) is 0 Å². The molecule has 1 aliphatic heterocycles. The van der Waals surface area contributed by atoms with Crippen molar-refractivity contribution in [2.24, 2.45) is 0 Å². The number of rotatable bonds is 4. The quantitative estimate of drug-likeness (QED) is 0.673. The number of hydrogen-bond acceptors (Lipinski definition) is 4. The normalized spacial score (nSPS) is 15.8. The van der Waals surface area contributed by atoms with E-state index in [9.17, 15) is 0 Å². The Hall–Kier alpha value is -0.690. The van der Waals surface area contributed by atoms with Crippen LogP contribution in [0, 0.1) is 3.57 Å². The van der Waals surface area contributed by atoms with E-state index in [4.69, 9.17) is 0 Å². The third-order valence-corrected chi connectivity index (χ3v) is 3.07. The Balaban J connectivity index is 1.76. The summed E-state index contributed by atoms with van der Waals surface area (Å²) in [6.07, 6.45) is 7.79. The highest BCUT2D eigenvalue weighted by Gasteiger charge is 2.05. The molecule has 2 heterocycles. The summed E-state index contributed by atoms with van der Waals surface area (Å²) in [6.45, 7) is 4.12. The third kappa shape index (κ3) is 3.13. The Morgan fingerprint density at radius 2 is 2.20 bits per heavy atom. The molecule has 1 aromatic heterocycles. The van der Waals surface area contributed by atoms with E-state index in [0.717, 1.165) is 35.6 Å². The predicted molar refractivity (Wildman–Crippen MR) is 68.8 cm³/mol. The van der Waals surface area contributed by atoms with E-state index < -0.39 is 0 Å². The molecule has 0 spiro atoms. The van der Waals surface area contributed by atoms with Crippen molar-refractivity contribution in [1.82, 2.24) is 14.9 Å². The van der Waals surface area contributed by atoms with E-state index in [1.165, 1.54) is 0 Å². The predicted octanol–water partition coefficient (Wildman–Crippen LogP) is 1.36. The molecule has 0 atom stereocenters. The number of halogens is 1. The fourth-order valence-electron chi connectivity index (χ4n) is 1.48. The first-order valence-electron chi connectivity index (χ1n) is 4.93. The summed E-state index contributed by atoms with van der Waals surface area (Å²) in [5.41, 5.74) is 0. The molecule has 5 heteroatoms. The summed E-state index contributed by atoms with van der Waals surface area (Å²) in [4.78, 5) is 10.5. The van der Waals surface area contributed by atoms with Crippen molar-refractivity contribution in [3.63, 3.8) is 0 Å². The zero-order valence-corrected chi connectivity index (χ0v) is 10.5. The van der Waals surface area contributed by atoms with Crippen LogP contribution in [0.5, 0.6) is 0 Å². The summed E-state index contributed by atoms with van der Waals surface area (Å²) in [6, 6.07) is 0. The Bertz CT molecular complexity index is 345. The lowest BCUT2D eigenvalue weighted by molar-refractivity contribution is 0.367. The number of nitrogens with one attached hydrogen (secondary N) is 1. The molecule has 0 unspecified atom stereocenters. The zero-order valence-electron chi connectivity index (χ0n) is 8.36. The van der Waals surface area contributed by atoms with Gasteiger partial charge >= 0.3 is 0 Å². The molecule has 0 bridgehead atoms. The van der Waals surface area contributed by atoms with E-state index in [1.54, 1.807) is 6.33 Å². The van der Waals surface area contributed by atoms with Crippen molar-refractivity contribution < 1.29 is 0 Å². The first-order valence-corrected chi connectivity index (χ1v) is 6.01. The van der Waals surface area contributed by atoms with Crippen LogP contribution in [0.1, 0.15) is 0 Å². The minimum absolute atomic E-state index is 0.925. The molecule has 4 nitrogen and oxygen atoms in total. The van der Waals surface area contributed by atoms with Crippen molar-refractivity contribution in [3.05, 3.63) is 28.2 Å². The first-order chi connectivity index (χ1) is 7.36. The number of hydrogen-bond donors (Lipinski definition) is 1. The maximum Gasteiger partial charge on any atom is 0.142 e. The molecule has 1 aromatic rings. The molecule has 2 rings (SSSR count). The lowest BCUT2D eigenvalue weighted by Gasteiger charge is -2.15. The van der Waals surface area contributed by atoms with Crippen LogP contribution in [0.4, 0.5) is 5.82 Å². The van der Waals surface area contributed by atoms with Crippen LogP contribution in [0.15, 0.2) is 24.7 Å². The monoisotopic (exact) mass is 316 g/mol. The summed E-state index contributed by atoms with van der Waals surface area (Å²) < 4.78 is 1.06. The number of aromatic nitrogens is 2. The molecule has 0 amide bonds. The summed E-state index contributed by atoms with van der Waals surface area (Å²) in [5.74, 6) is 0.928. The smallest absolute Gasteiger partial charge is 0.142 e. The van der Waals surface area contributed by atoms with E-state index in [1.807, 2.05) is 6.20 Å². The molecule has 1 N–H and O–H groups in total. The number of nitrogens with zero attached hydrogens (tertiary/aromatic N) is 3. The molecule has 0 saturated carbocycles. The summed E-state index contributed by atoms with van der Waals surface area (Å²) >= 11 is 2.23. The highest BCUT2D eigenvalue weighted by atomic mass is 127. The second-order valence-corrected chi connectivity index (χ2v) is 4.54. The molecule has 1 aliphatic rings. The van der Waals surface area contributed by atoms with E-state index >= 15 is 0 Å². The van der Waals surface area contributed by atoms with E-state index in [0.29, 0.717) is 0 Å². The van der Waals surface area contributed by atoms with E-state index in [2.05, 4.69) is 54.9 Å². The Labute approximate surface area is 103 Å². The van der Waals surface area contributed by atoms with Crippen LogP contribution >= 0.6 is 22.6 Å². The summed E-state index contributed by atoms with van der Waals surface area (Å²) in [5, 5.41) is 3.31. The Kier molecular flexibility index (Phi) is 3.90. The van der Waals surface area contributed by atoms with Crippen LogP contribution in [0.3, 0.4) is 0 Å². The van der Waals surface area contributed by atoms with Gasteiger partial charge in [-0.15, -0.1) is 0 Å². The largest absolute Gasteiger partial charge is 0.368 e. The highest BCUT2D eigenvalue weighted by molar-refractivity contribution is 14.1. The Morgan fingerprint density at radius 1 is 1.40 bits per heavy atom. The van der Waals surface area contributed by atoms with Crippen LogP contribution in [-0.4, -0.2) is 41.0 Å². The average Bonchev–Trinajstić information content (AvgIpc) is 2.74. The number of anilines is 1. The van der Waals surface area contributed by atoms with Gasteiger partial charge in [-0.25, -0.2) is 9.97 Å². The molecular formula is C10H13IN4. The molecule has 0 aromatic carbocycles. The fraction of sp³-hybridized carbons (Fsp3) is 0.400. The molecule has 0 aliphatic carbocycles. The Morgan fingerprint density at radius 3 is 2.93 bits per heavy atom. The third-order valence-electron chi connectivity index (χ3n) is 2.28. The molecule has 80 valence electrons. The van der Waals surface area contributed by atoms with Gasteiger partial charge in [0.2, 0.25) is 0 Å².